The first-order valence-electron chi connectivity index (χ1n) is 6.50. The number of hydrogen-bond acceptors (Lipinski definition) is 3. The number of rotatable bonds is 2. The molecule has 0 spiro atoms. The predicted octanol–water partition coefficient (Wildman–Crippen LogP) is 3.82. The van der Waals surface area contributed by atoms with Gasteiger partial charge in [-0.1, -0.05) is 18.2 Å². The van der Waals surface area contributed by atoms with Gasteiger partial charge in [-0.3, -0.25) is 4.79 Å². The van der Waals surface area contributed by atoms with Crippen molar-refractivity contribution in [2.75, 3.05) is 0 Å². The molecule has 0 amide bonds. The van der Waals surface area contributed by atoms with Crippen LogP contribution in [0.5, 0.6) is 0 Å². The van der Waals surface area contributed by atoms with Gasteiger partial charge in [-0.2, -0.15) is 0 Å². The molecule has 1 N–H and O–H groups in total. The molecule has 0 bridgehead atoms. The quantitative estimate of drug-likeness (QED) is 0.776. The highest BCUT2D eigenvalue weighted by Gasteiger charge is 2.29. The highest BCUT2D eigenvalue weighted by molar-refractivity contribution is 9.10. The van der Waals surface area contributed by atoms with Crippen LogP contribution in [0.15, 0.2) is 44.2 Å². The fourth-order valence-corrected chi connectivity index (χ4v) is 2.90. The monoisotopic (exact) mass is 330 g/mol. The van der Waals surface area contributed by atoms with Gasteiger partial charge in [-0.15, -0.1) is 0 Å². The van der Waals surface area contributed by atoms with Crippen LogP contribution in [0.1, 0.15) is 24.5 Å². The van der Waals surface area contributed by atoms with E-state index in [0.29, 0.717) is 16.2 Å². The lowest BCUT2D eigenvalue weighted by molar-refractivity contribution is 0.616. The number of aromatic amines is 1. The number of H-pyrrole nitrogens is 1. The Labute approximate surface area is 123 Å². The van der Waals surface area contributed by atoms with Crippen molar-refractivity contribution >= 4 is 26.9 Å². The highest BCUT2D eigenvalue weighted by Crippen LogP contribution is 2.42. The number of halogens is 1. The van der Waals surface area contributed by atoms with E-state index in [1.54, 1.807) is 6.26 Å². The molecule has 1 aliphatic carbocycles. The van der Waals surface area contributed by atoms with E-state index in [1.807, 2.05) is 24.3 Å². The standard InChI is InChI=1S/C15H11BrN2O2/c16-12-13(8-5-6-8)17-14(18-15(12)19)10-7-20-11-4-2-1-3-9(10)11/h1-4,7-8H,5-6H2,(H,17,18,19). The number of fused-ring (bicyclic) bond motifs is 1. The fraction of sp³-hybridized carbons (Fsp3) is 0.200. The van der Waals surface area contributed by atoms with Gasteiger partial charge < -0.3 is 9.40 Å². The molecule has 3 aromatic rings. The van der Waals surface area contributed by atoms with Crippen LogP contribution < -0.4 is 5.56 Å². The van der Waals surface area contributed by atoms with Crippen LogP contribution in [-0.4, -0.2) is 9.97 Å². The summed E-state index contributed by atoms with van der Waals surface area (Å²) < 4.78 is 6.07. The zero-order valence-corrected chi connectivity index (χ0v) is 12.1. The summed E-state index contributed by atoms with van der Waals surface area (Å²) in [5, 5.41) is 0.958. The lowest BCUT2D eigenvalue weighted by Crippen LogP contribution is -2.13. The van der Waals surface area contributed by atoms with Gasteiger partial charge in [-0.05, 0) is 34.8 Å². The summed E-state index contributed by atoms with van der Waals surface area (Å²) in [6.45, 7) is 0. The van der Waals surface area contributed by atoms with E-state index < -0.39 is 0 Å². The van der Waals surface area contributed by atoms with E-state index in [0.717, 1.165) is 35.1 Å². The Kier molecular flexibility index (Phi) is 2.57. The second-order valence-electron chi connectivity index (χ2n) is 5.03. The van der Waals surface area contributed by atoms with Gasteiger partial charge in [0, 0.05) is 11.3 Å². The molecule has 0 radical (unpaired) electrons. The van der Waals surface area contributed by atoms with Crippen LogP contribution in [0.25, 0.3) is 22.4 Å². The van der Waals surface area contributed by atoms with Crippen LogP contribution in [0.2, 0.25) is 0 Å². The van der Waals surface area contributed by atoms with Crippen molar-refractivity contribution < 1.29 is 4.42 Å². The Morgan fingerprint density at radius 1 is 1.30 bits per heavy atom. The summed E-state index contributed by atoms with van der Waals surface area (Å²) in [6.07, 6.45) is 3.84. The second kappa shape index (κ2) is 4.31. The normalized spacial score (nSPS) is 14.8. The first-order valence-corrected chi connectivity index (χ1v) is 7.29. The van der Waals surface area contributed by atoms with Crippen molar-refractivity contribution in [2.45, 2.75) is 18.8 Å². The van der Waals surface area contributed by atoms with Crippen LogP contribution in [0, 0.1) is 0 Å². The molecule has 5 heteroatoms. The average Bonchev–Trinajstić information content (AvgIpc) is 3.21. The van der Waals surface area contributed by atoms with Crippen molar-refractivity contribution in [2.24, 2.45) is 0 Å². The van der Waals surface area contributed by atoms with E-state index >= 15 is 0 Å². The van der Waals surface area contributed by atoms with E-state index in [4.69, 9.17) is 4.42 Å². The van der Waals surface area contributed by atoms with Crippen LogP contribution >= 0.6 is 15.9 Å². The minimum atomic E-state index is -0.137. The Morgan fingerprint density at radius 2 is 2.10 bits per heavy atom. The number of nitrogens with one attached hydrogen (secondary N) is 1. The Balaban J connectivity index is 1.96. The molecule has 0 aliphatic heterocycles. The Hall–Kier alpha value is -1.88. The van der Waals surface area contributed by atoms with E-state index in [9.17, 15) is 4.79 Å². The maximum atomic E-state index is 12.1. The summed E-state index contributed by atoms with van der Waals surface area (Å²) >= 11 is 3.34. The molecule has 2 aromatic heterocycles. The largest absolute Gasteiger partial charge is 0.464 e. The summed E-state index contributed by atoms with van der Waals surface area (Å²) in [5.41, 5.74) is 2.34. The van der Waals surface area contributed by atoms with Gasteiger partial charge in [-0.25, -0.2) is 4.98 Å². The second-order valence-corrected chi connectivity index (χ2v) is 5.83. The topological polar surface area (TPSA) is 58.9 Å². The smallest absolute Gasteiger partial charge is 0.265 e. The van der Waals surface area contributed by atoms with Gasteiger partial charge in [0.1, 0.15) is 22.1 Å². The molecule has 0 atom stereocenters. The van der Waals surface area contributed by atoms with Crippen molar-refractivity contribution in [1.29, 1.82) is 0 Å². The van der Waals surface area contributed by atoms with Crippen molar-refractivity contribution in [3.05, 3.63) is 51.0 Å². The molecule has 100 valence electrons. The van der Waals surface area contributed by atoms with Crippen LogP contribution in [0.3, 0.4) is 0 Å². The zero-order valence-electron chi connectivity index (χ0n) is 10.5. The van der Waals surface area contributed by atoms with Crippen LogP contribution in [0.4, 0.5) is 0 Å². The summed E-state index contributed by atoms with van der Waals surface area (Å²) in [7, 11) is 0. The van der Waals surface area contributed by atoms with E-state index in [1.165, 1.54) is 0 Å². The molecule has 4 nitrogen and oxygen atoms in total. The number of nitrogens with zero attached hydrogens (tertiary/aromatic N) is 1. The minimum Gasteiger partial charge on any atom is -0.464 e. The molecule has 2 heterocycles. The fourth-order valence-electron chi connectivity index (χ4n) is 2.39. The molecular formula is C15H11BrN2O2. The van der Waals surface area contributed by atoms with Gasteiger partial charge >= 0.3 is 0 Å². The zero-order chi connectivity index (χ0) is 13.7. The Bertz CT molecular complexity index is 862. The Morgan fingerprint density at radius 3 is 2.90 bits per heavy atom. The number of hydrogen-bond donors (Lipinski definition) is 1. The number of benzene rings is 1. The van der Waals surface area contributed by atoms with Gasteiger partial charge in [0.2, 0.25) is 0 Å². The molecule has 0 unspecified atom stereocenters. The number of furan rings is 1. The van der Waals surface area contributed by atoms with Gasteiger partial charge in [0.25, 0.3) is 5.56 Å². The average molecular weight is 331 g/mol. The van der Waals surface area contributed by atoms with Crippen LogP contribution in [-0.2, 0) is 0 Å². The maximum Gasteiger partial charge on any atom is 0.265 e. The van der Waals surface area contributed by atoms with Crippen molar-refractivity contribution in [3.8, 4) is 11.4 Å². The third kappa shape index (κ3) is 1.81. The predicted molar refractivity (Wildman–Crippen MR) is 79.7 cm³/mol. The van der Waals surface area contributed by atoms with Gasteiger partial charge in [0.15, 0.2) is 0 Å². The number of aromatic nitrogens is 2. The summed E-state index contributed by atoms with van der Waals surface area (Å²) in [5.74, 6) is 0.980. The van der Waals surface area contributed by atoms with Crippen molar-refractivity contribution in [1.82, 2.24) is 9.97 Å². The maximum absolute atomic E-state index is 12.1. The first-order chi connectivity index (χ1) is 9.74. The van der Waals surface area contributed by atoms with E-state index in [2.05, 4.69) is 25.9 Å². The summed E-state index contributed by atoms with van der Waals surface area (Å²) in [6, 6.07) is 7.73. The van der Waals surface area contributed by atoms with Gasteiger partial charge in [0.05, 0.1) is 11.3 Å². The SMILES string of the molecule is O=c1[nH]c(-c2coc3ccccc23)nc(C2CC2)c1Br. The third-order valence-corrected chi connectivity index (χ3v) is 4.35. The molecule has 1 aromatic carbocycles. The minimum absolute atomic E-state index is 0.137. The molecular weight excluding hydrogens is 320 g/mol. The molecule has 20 heavy (non-hydrogen) atoms. The number of para-hydroxylation sites is 1. The molecule has 1 fully saturated rings. The highest BCUT2D eigenvalue weighted by atomic mass is 79.9. The molecule has 1 saturated carbocycles. The molecule has 4 rings (SSSR count). The lowest BCUT2D eigenvalue weighted by atomic mass is 10.1. The lowest BCUT2D eigenvalue weighted by Gasteiger charge is -2.04. The van der Waals surface area contributed by atoms with Crippen molar-refractivity contribution in [3.63, 3.8) is 0 Å². The first kappa shape index (κ1) is 11.9. The summed E-state index contributed by atoms with van der Waals surface area (Å²) in [4.78, 5) is 19.5. The molecule has 1 aliphatic rings. The third-order valence-electron chi connectivity index (χ3n) is 3.59. The van der Waals surface area contributed by atoms with E-state index in [-0.39, 0.29) is 5.56 Å². The molecule has 0 saturated heterocycles.